The summed E-state index contributed by atoms with van der Waals surface area (Å²) in [6, 6.07) is 5.12. The first kappa shape index (κ1) is 15.5. The van der Waals surface area contributed by atoms with Gasteiger partial charge in [-0.1, -0.05) is 11.2 Å². The van der Waals surface area contributed by atoms with Gasteiger partial charge in [0.15, 0.2) is 0 Å². The fourth-order valence-corrected chi connectivity index (χ4v) is 2.76. The number of nitrogens with one attached hydrogen (secondary N) is 1. The van der Waals surface area contributed by atoms with Crippen LogP contribution in [0.5, 0.6) is 0 Å². The molecule has 25 heavy (non-hydrogen) atoms. The molecule has 0 radical (unpaired) electrons. The lowest BCUT2D eigenvalue weighted by Gasteiger charge is -2.18. The van der Waals surface area contributed by atoms with Gasteiger partial charge in [-0.3, -0.25) is 9.78 Å². The molecular weight excluding hydrogens is 320 g/mol. The Morgan fingerprint density at radius 2 is 2.28 bits per heavy atom. The highest BCUT2D eigenvalue weighted by molar-refractivity contribution is 5.85. The molecule has 3 heterocycles. The molecular formula is C17H18N6O2. The first-order chi connectivity index (χ1) is 12.2. The zero-order valence-corrected chi connectivity index (χ0v) is 13.8. The van der Waals surface area contributed by atoms with E-state index in [4.69, 9.17) is 4.52 Å². The maximum Gasteiger partial charge on any atom is 0.249 e. The van der Waals surface area contributed by atoms with E-state index >= 15 is 0 Å². The number of amides is 1. The summed E-state index contributed by atoms with van der Waals surface area (Å²) < 4.78 is 7.22. The molecule has 1 N–H and O–H groups in total. The van der Waals surface area contributed by atoms with Crippen LogP contribution in [0.25, 0.3) is 11.5 Å². The summed E-state index contributed by atoms with van der Waals surface area (Å²) in [7, 11) is 0. The van der Waals surface area contributed by atoms with Crippen LogP contribution in [0.1, 0.15) is 31.7 Å². The Morgan fingerprint density at radius 1 is 1.40 bits per heavy atom. The predicted octanol–water partition coefficient (Wildman–Crippen LogP) is 1.99. The van der Waals surface area contributed by atoms with Crippen LogP contribution in [0.4, 0.5) is 0 Å². The normalized spacial score (nSPS) is 16.4. The Hall–Kier alpha value is -3.03. The van der Waals surface area contributed by atoms with E-state index in [0.29, 0.717) is 24.0 Å². The zero-order chi connectivity index (χ0) is 17.3. The topological polar surface area (TPSA) is 98.7 Å². The highest BCUT2D eigenvalue weighted by Gasteiger charge is 2.50. The molecule has 8 nitrogen and oxygen atoms in total. The number of carbonyl (C=O) groups is 1. The Kier molecular flexibility index (Phi) is 3.79. The highest BCUT2D eigenvalue weighted by atomic mass is 16.5. The van der Waals surface area contributed by atoms with Crippen molar-refractivity contribution in [2.45, 2.75) is 32.4 Å². The molecule has 0 aromatic carbocycles. The first-order valence-corrected chi connectivity index (χ1v) is 8.18. The van der Waals surface area contributed by atoms with Crippen molar-refractivity contribution >= 4 is 5.91 Å². The van der Waals surface area contributed by atoms with Crippen molar-refractivity contribution in [1.82, 2.24) is 30.0 Å². The van der Waals surface area contributed by atoms with Gasteiger partial charge in [0.25, 0.3) is 0 Å². The highest BCUT2D eigenvalue weighted by Crippen LogP contribution is 2.47. The third kappa shape index (κ3) is 3.15. The molecule has 3 aromatic heterocycles. The van der Waals surface area contributed by atoms with E-state index in [1.54, 1.807) is 18.7 Å². The van der Waals surface area contributed by atoms with Crippen LogP contribution >= 0.6 is 0 Å². The summed E-state index contributed by atoms with van der Waals surface area (Å²) in [5.41, 5.74) is 0.272. The van der Waals surface area contributed by atoms with Crippen LogP contribution in [0.2, 0.25) is 0 Å². The minimum Gasteiger partial charge on any atom is -0.344 e. The molecule has 1 aliphatic carbocycles. The third-order valence-corrected chi connectivity index (χ3v) is 4.43. The van der Waals surface area contributed by atoms with E-state index in [-0.39, 0.29) is 17.4 Å². The van der Waals surface area contributed by atoms with Crippen LogP contribution in [0.15, 0.2) is 47.6 Å². The molecule has 1 saturated carbocycles. The van der Waals surface area contributed by atoms with Crippen LogP contribution in [0, 0.1) is 5.41 Å². The molecule has 0 bridgehead atoms. The molecule has 0 spiro atoms. The Labute approximate surface area is 144 Å². The van der Waals surface area contributed by atoms with Gasteiger partial charge in [0, 0.05) is 25.1 Å². The summed E-state index contributed by atoms with van der Waals surface area (Å²) in [6.07, 6.45) is 8.72. The molecule has 0 saturated heterocycles. The second kappa shape index (κ2) is 6.12. The number of nitrogens with zero attached hydrogens (tertiary/aromatic N) is 5. The maximum atomic E-state index is 12.7. The van der Waals surface area contributed by atoms with Gasteiger partial charge in [0.2, 0.25) is 17.6 Å². The fourth-order valence-electron chi connectivity index (χ4n) is 2.76. The fraction of sp³-hybridized carbons (Fsp3) is 0.353. The van der Waals surface area contributed by atoms with E-state index in [0.717, 1.165) is 12.8 Å². The van der Waals surface area contributed by atoms with E-state index in [2.05, 4.69) is 25.4 Å². The number of carbonyl (C=O) groups excluding carboxylic acids is 1. The van der Waals surface area contributed by atoms with Crippen molar-refractivity contribution in [3.8, 4) is 11.5 Å². The molecule has 0 unspecified atom stereocenters. The van der Waals surface area contributed by atoms with E-state index in [1.807, 2.05) is 35.9 Å². The Bertz CT molecular complexity index is 854. The molecule has 3 aromatic rings. The zero-order valence-electron chi connectivity index (χ0n) is 13.8. The summed E-state index contributed by atoms with van der Waals surface area (Å²) in [5, 5.41) is 6.93. The summed E-state index contributed by atoms with van der Waals surface area (Å²) in [6.45, 7) is 2.47. The van der Waals surface area contributed by atoms with Gasteiger partial charge in [-0.05, 0) is 31.9 Å². The number of imidazole rings is 1. The number of aromatic nitrogens is 5. The second-order valence-electron chi connectivity index (χ2n) is 6.38. The van der Waals surface area contributed by atoms with Crippen LogP contribution in [-0.2, 0) is 11.3 Å². The smallest absolute Gasteiger partial charge is 0.249 e. The van der Waals surface area contributed by atoms with Crippen molar-refractivity contribution in [1.29, 1.82) is 0 Å². The van der Waals surface area contributed by atoms with Gasteiger partial charge in [-0.25, -0.2) is 4.98 Å². The van der Waals surface area contributed by atoms with Gasteiger partial charge in [0.05, 0.1) is 11.7 Å². The predicted molar refractivity (Wildman–Crippen MR) is 88.0 cm³/mol. The SMILES string of the molecule is C[C@@H](NC(=O)C1(Cn2ccnc2)CC1)c1nc(-c2ccccn2)no1. The van der Waals surface area contributed by atoms with Crippen LogP contribution in [0.3, 0.4) is 0 Å². The molecule has 1 amide bonds. The lowest BCUT2D eigenvalue weighted by molar-refractivity contribution is -0.127. The largest absolute Gasteiger partial charge is 0.344 e. The molecule has 4 rings (SSSR count). The average molecular weight is 338 g/mol. The standard InChI is InChI=1S/C17H18N6O2/c1-12(15-21-14(22-25-15)13-4-2-3-7-19-13)20-16(24)17(5-6-17)10-23-9-8-18-11-23/h2-4,7-9,11-12H,5-6,10H2,1H3,(H,20,24)/t12-/m1/s1. The maximum absolute atomic E-state index is 12.7. The summed E-state index contributed by atoms with van der Waals surface area (Å²) in [5.74, 6) is 0.787. The Morgan fingerprint density at radius 3 is 2.96 bits per heavy atom. The molecule has 128 valence electrons. The lowest BCUT2D eigenvalue weighted by atomic mass is 10.1. The lowest BCUT2D eigenvalue weighted by Crippen LogP contribution is -2.36. The van der Waals surface area contributed by atoms with Crippen molar-refractivity contribution in [2.24, 2.45) is 5.41 Å². The number of pyridine rings is 1. The number of rotatable bonds is 6. The van der Waals surface area contributed by atoms with Crippen LogP contribution < -0.4 is 5.32 Å². The molecule has 1 fully saturated rings. The van der Waals surface area contributed by atoms with E-state index in [9.17, 15) is 4.79 Å². The van der Waals surface area contributed by atoms with Crippen molar-refractivity contribution < 1.29 is 9.32 Å². The molecule has 1 aliphatic rings. The van der Waals surface area contributed by atoms with Gasteiger partial charge in [0.1, 0.15) is 11.7 Å². The number of hydrogen-bond donors (Lipinski definition) is 1. The monoisotopic (exact) mass is 338 g/mol. The van der Waals surface area contributed by atoms with Gasteiger partial charge >= 0.3 is 0 Å². The van der Waals surface area contributed by atoms with E-state index < -0.39 is 0 Å². The van der Waals surface area contributed by atoms with Gasteiger partial charge < -0.3 is 14.4 Å². The van der Waals surface area contributed by atoms with Crippen molar-refractivity contribution in [2.75, 3.05) is 0 Å². The summed E-state index contributed by atoms with van der Waals surface area (Å²) >= 11 is 0. The minimum absolute atomic E-state index is 0.00582. The van der Waals surface area contributed by atoms with Gasteiger partial charge in [-0.15, -0.1) is 0 Å². The summed E-state index contributed by atoms with van der Waals surface area (Å²) in [4.78, 5) is 25.2. The molecule has 1 atom stereocenters. The number of hydrogen-bond acceptors (Lipinski definition) is 6. The van der Waals surface area contributed by atoms with Crippen LogP contribution in [-0.4, -0.2) is 30.6 Å². The average Bonchev–Trinajstić information content (AvgIpc) is 3.03. The quantitative estimate of drug-likeness (QED) is 0.738. The van der Waals surface area contributed by atoms with Crippen molar-refractivity contribution in [3.63, 3.8) is 0 Å². The van der Waals surface area contributed by atoms with Gasteiger partial charge in [-0.2, -0.15) is 4.98 Å². The Balaban J connectivity index is 1.43. The second-order valence-corrected chi connectivity index (χ2v) is 6.38. The van der Waals surface area contributed by atoms with E-state index in [1.165, 1.54) is 0 Å². The molecule has 8 heteroatoms. The van der Waals surface area contributed by atoms with Crippen molar-refractivity contribution in [3.05, 3.63) is 49.0 Å². The molecule has 0 aliphatic heterocycles. The minimum atomic E-state index is -0.363. The first-order valence-electron chi connectivity index (χ1n) is 8.18. The third-order valence-electron chi connectivity index (χ3n) is 4.43.